The molecule has 2 fully saturated rings. The molecule has 0 spiro atoms. The van der Waals surface area contributed by atoms with E-state index in [-0.39, 0.29) is 43.7 Å². The van der Waals surface area contributed by atoms with Crippen molar-refractivity contribution in [3.63, 3.8) is 0 Å². The molecule has 2 aliphatic rings. The smallest absolute Gasteiger partial charge is 0.320 e. The normalized spacial score (nSPS) is 20.2. The lowest BCUT2D eigenvalue weighted by atomic mass is 10.0. The maximum Gasteiger partial charge on any atom is 0.320 e. The number of hydrogen-bond acceptors (Lipinski definition) is 7. The zero-order valence-electron chi connectivity index (χ0n) is 22.8. The zero-order valence-corrected chi connectivity index (χ0v) is 22.8. The van der Waals surface area contributed by atoms with Crippen molar-refractivity contribution in [2.45, 2.75) is 52.2 Å². The van der Waals surface area contributed by atoms with Gasteiger partial charge in [-0.2, -0.15) is 0 Å². The van der Waals surface area contributed by atoms with Crippen LogP contribution in [-0.2, 0) is 23.9 Å². The van der Waals surface area contributed by atoms with Gasteiger partial charge in [-0.15, -0.1) is 0 Å². The van der Waals surface area contributed by atoms with Crippen LogP contribution < -0.4 is 5.32 Å². The van der Waals surface area contributed by atoms with Crippen molar-refractivity contribution in [3.05, 3.63) is 35.5 Å². The molecular weight excluding hydrogens is 472 g/mol. The Hall–Kier alpha value is -3.22. The van der Waals surface area contributed by atoms with Crippen molar-refractivity contribution in [1.82, 2.24) is 20.0 Å². The fourth-order valence-corrected chi connectivity index (χ4v) is 4.27. The second-order valence-electron chi connectivity index (χ2n) is 10.1. The molecule has 37 heavy (non-hydrogen) atoms. The summed E-state index contributed by atoms with van der Waals surface area (Å²) in [5, 5.41) is 2.53. The minimum absolute atomic E-state index is 0.160. The summed E-state index contributed by atoms with van der Waals surface area (Å²) in [5.74, 6) is 5.72. The molecule has 2 saturated heterocycles. The molecule has 0 aromatic heterocycles. The topological polar surface area (TPSA) is 99.3 Å². The third-order valence-corrected chi connectivity index (χ3v) is 6.23. The van der Waals surface area contributed by atoms with Crippen LogP contribution >= 0.6 is 0 Å². The van der Waals surface area contributed by atoms with Gasteiger partial charge in [-0.3, -0.25) is 24.2 Å². The van der Waals surface area contributed by atoms with Crippen LogP contribution in [0.3, 0.4) is 0 Å². The van der Waals surface area contributed by atoms with Crippen molar-refractivity contribution < 1.29 is 23.9 Å². The van der Waals surface area contributed by atoms with Crippen molar-refractivity contribution in [2.75, 3.05) is 52.9 Å². The summed E-state index contributed by atoms with van der Waals surface area (Å²) < 4.78 is 5.40. The summed E-state index contributed by atoms with van der Waals surface area (Å²) in [6.45, 7) is 15.4. The number of hydrogen-bond donors (Lipinski definition) is 1. The average Bonchev–Trinajstić information content (AvgIpc) is 3.17. The Balaban J connectivity index is 2.01. The first kappa shape index (κ1) is 30.0. The standard InChI is InChI=1S/C28H40N4O5/c1-7-21(10-9-13-30-14-16-31(17-15-30)19-26(35)37-28(3,4)5)24-18-32(27(36)23(24)8-2)22(20-33)11-12-25(34)29-6/h7-8,20,22H,1,11-19H2,2-6H3,(H,29,34)/b23-8+,24-21+. The molecule has 2 heterocycles. The number of carbonyl (C=O) groups excluding carboxylic acids is 4. The summed E-state index contributed by atoms with van der Waals surface area (Å²) in [6, 6.07) is -0.687. The van der Waals surface area contributed by atoms with Gasteiger partial charge in [0.05, 0.1) is 19.1 Å². The number of allylic oxidation sites excluding steroid dienone is 3. The van der Waals surface area contributed by atoms with Crippen LogP contribution in [0.4, 0.5) is 0 Å². The lowest BCUT2D eigenvalue weighted by Crippen LogP contribution is -2.48. The molecule has 0 bridgehead atoms. The molecule has 0 aromatic carbocycles. The molecule has 2 amide bonds. The Morgan fingerprint density at radius 2 is 1.84 bits per heavy atom. The maximum atomic E-state index is 13.0. The molecule has 0 aromatic rings. The summed E-state index contributed by atoms with van der Waals surface area (Å²) in [6.07, 6.45) is 4.51. The second kappa shape index (κ2) is 13.9. The van der Waals surface area contributed by atoms with Gasteiger partial charge in [0.1, 0.15) is 11.9 Å². The van der Waals surface area contributed by atoms with E-state index < -0.39 is 11.6 Å². The minimum atomic E-state index is -0.687. The highest BCUT2D eigenvalue weighted by molar-refractivity contribution is 6.03. The van der Waals surface area contributed by atoms with Crippen LogP contribution in [0, 0.1) is 11.8 Å². The minimum Gasteiger partial charge on any atom is -0.459 e. The Bertz CT molecular complexity index is 1000. The van der Waals surface area contributed by atoms with Gasteiger partial charge in [0, 0.05) is 57.3 Å². The molecule has 0 saturated carbocycles. The molecule has 202 valence electrons. The summed E-state index contributed by atoms with van der Waals surface area (Å²) in [7, 11) is 1.54. The summed E-state index contributed by atoms with van der Waals surface area (Å²) in [4.78, 5) is 54.2. The van der Waals surface area contributed by atoms with E-state index >= 15 is 0 Å². The van der Waals surface area contributed by atoms with Gasteiger partial charge in [-0.25, -0.2) is 0 Å². The molecule has 2 rings (SSSR count). The summed E-state index contributed by atoms with van der Waals surface area (Å²) in [5.41, 5.74) is 1.42. The monoisotopic (exact) mass is 512 g/mol. The van der Waals surface area contributed by atoms with Crippen LogP contribution in [0.5, 0.6) is 0 Å². The maximum absolute atomic E-state index is 13.0. The number of likely N-dealkylation sites (tertiary alicyclic amines) is 1. The lowest BCUT2D eigenvalue weighted by Gasteiger charge is -2.33. The lowest BCUT2D eigenvalue weighted by molar-refractivity contribution is -0.156. The van der Waals surface area contributed by atoms with E-state index in [0.29, 0.717) is 17.7 Å². The van der Waals surface area contributed by atoms with Crippen LogP contribution in [0.15, 0.2) is 35.5 Å². The van der Waals surface area contributed by atoms with Gasteiger partial charge in [-0.05, 0) is 39.7 Å². The largest absolute Gasteiger partial charge is 0.459 e. The number of piperazine rings is 1. The van der Waals surface area contributed by atoms with Crippen LogP contribution in [0.2, 0.25) is 0 Å². The third-order valence-electron chi connectivity index (χ3n) is 6.23. The van der Waals surface area contributed by atoms with E-state index in [0.717, 1.165) is 38.0 Å². The highest BCUT2D eigenvalue weighted by Gasteiger charge is 2.35. The molecule has 2 aliphatic heterocycles. The number of esters is 1. The molecule has 0 aliphatic carbocycles. The van der Waals surface area contributed by atoms with Gasteiger partial charge in [0.2, 0.25) is 5.91 Å². The van der Waals surface area contributed by atoms with E-state index in [9.17, 15) is 19.2 Å². The number of ether oxygens (including phenoxy) is 1. The SMILES string of the molecule is C=C/C(C#CCN1CCN(CC(=O)OC(C)(C)C)CC1)=C1/CN(C(C=O)CCC(=O)NC)C(=O)/C1=C/C. The molecule has 0 radical (unpaired) electrons. The number of aldehydes is 1. The fraction of sp³-hybridized carbons (Fsp3) is 0.571. The highest BCUT2D eigenvalue weighted by Crippen LogP contribution is 2.29. The molecule has 1 unspecified atom stereocenters. The Labute approximate surface area is 220 Å². The van der Waals surface area contributed by atoms with E-state index in [2.05, 4.69) is 33.5 Å². The molecule has 1 N–H and O–H groups in total. The van der Waals surface area contributed by atoms with Crippen molar-refractivity contribution >= 4 is 24.1 Å². The van der Waals surface area contributed by atoms with Crippen molar-refractivity contribution in [2.24, 2.45) is 0 Å². The molecule has 9 heteroatoms. The van der Waals surface area contributed by atoms with E-state index in [1.165, 1.54) is 11.9 Å². The second-order valence-corrected chi connectivity index (χ2v) is 10.1. The van der Waals surface area contributed by atoms with Gasteiger partial charge >= 0.3 is 5.97 Å². The van der Waals surface area contributed by atoms with E-state index in [4.69, 9.17) is 4.74 Å². The molecule has 9 nitrogen and oxygen atoms in total. The van der Waals surface area contributed by atoms with Gasteiger partial charge in [0.15, 0.2) is 0 Å². The van der Waals surface area contributed by atoms with Gasteiger partial charge in [-0.1, -0.05) is 30.6 Å². The van der Waals surface area contributed by atoms with Gasteiger partial charge < -0.3 is 19.7 Å². The number of nitrogens with one attached hydrogen (secondary N) is 1. The number of rotatable bonds is 9. The third kappa shape index (κ3) is 8.99. The summed E-state index contributed by atoms with van der Waals surface area (Å²) >= 11 is 0. The Morgan fingerprint density at radius 3 is 2.38 bits per heavy atom. The van der Waals surface area contributed by atoms with Crippen molar-refractivity contribution in [1.29, 1.82) is 0 Å². The van der Waals surface area contributed by atoms with Crippen LogP contribution in [0.1, 0.15) is 40.5 Å². The van der Waals surface area contributed by atoms with Crippen LogP contribution in [-0.4, -0.2) is 103 Å². The molecular formula is C28H40N4O5. The first-order chi connectivity index (χ1) is 17.5. The number of carbonyl (C=O) groups is 4. The van der Waals surface area contributed by atoms with Gasteiger partial charge in [0.25, 0.3) is 5.91 Å². The van der Waals surface area contributed by atoms with E-state index in [1.807, 2.05) is 20.8 Å². The number of nitrogens with zero attached hydrogens (tertiary/aromatic N) is 3. The van der Waals surface area contributed by atoms with Crippen LogP contribution in [0.25, 0.3) is 0 Å². The zero-order chi connectivity index (χ0) is 27.6. The van der Waals surface area contributed by atoms with E-state index in [1.54, 1.807) is 19.1 Å². The highest BCUT2D eigenvalue weighted by atomic mass is 16.6. The first-order valence-corrected chi connectivity index (χ1v) is 12.7. The fourth-order valence-electron chi connectivity index (χ4n) is 4.27. The Morgan fingerprint density at radius 1 is 1.19 bits per heavy atom. The average molecular weight is 513 g/mol. The predicted molar refractivity (Wildman–Crippen MR) is 142 cm³/mol. The van der Waals surface area contributed by atoms with Crippen molar-refractivity contribution in [3.8, 4) is 11.8 Å². The quantitative estimate of drug-likeness (QED) is 0.215. The predicted octanol–water partition coefficient (Wildman–Crippen LogP) is 1.31. The Kier molecular flexibility index (Phi) is 11.3. The number of amides is 2. The first-order valence-electron chi connectivity index (χ1n) is 12.7. The molecule has 1 atom stereocenters.